The summed E-state index contributed by atoms with van der Waals surface area (Å²) in [5, 5.41) is 0. The van der Waals surface area contributed by atoms with Gasteiger partial charge in [-0.3, -0.25) is 0 Å². The Morgan fingerprint density at radius 2 is 0.885 bits per heavy atom. The molecular weight excluding hydrogens is 427 g/mol. The molecule has 2 nitrogen and oxygen atoms in total. The minimum atomic E-state index is -2.67. The van der Waals surface area contributed by atoms with Crippen LogP contribution in [0.1, 0.15) is 123 Å². The fourth-order valence-corrected chi connectivity index (χ4v) is 14.1. The summed E-state index contributed by atoms with van der Waals surface area (Å²) in [6.07, 6.45) is 23.3. The first-order valence-corrected chi connectivity index (χ1v) is 18.5. The monoisotopic (exact) mass is 476 g/mol. The molecule has 0 aromatic heterocycles. The van der Waals surface area contributed by atoms with Crippen LogP contribution in [-0.4, -0.2) is 32.4 Å². The Hall–Kier alpha value is 0.719. The van der Waals surface area contributed by atoms with Crippen molar-refractivity contribution >= 4 is 19.2 Å². The normalized spacial score (nSPS) is 16.8. The fourth-order valence-electron chi connectivity index (χ4n) is 4.06. The van der Waals surface area contributed by atoms with Crippen LogP contribution in [0.5, 0.6) is 0 Å². The number of hydrogen-bond donors (Lipinski definition) is 0. The van der Waals surface area contributed by atoms with Crippen molar-refractivity contribution in [2.45, 2.75) is 132 Å². The Labute approximate surface area is 170 Å². The van der Waals surface area contributed by atoms with Gasteiger partial charge in [0.15, 0.2) is 0 Å². The van der Waals surface area contributed by atoms with E-state index in [0.29, 0.717) is 0 Å². The van der Waals surface area contributed by atoms with Crippen molar-refractivity contribution in [3.8, 4) is 0 Å². The Morgan fingerprint density at radius 1 is 0.500 bits per heavy atom. The van der Waals surface area contributed by atoms with E-state index in [0.717, 1.165) is 13.2 Å². The molecule has 1 aliphatic rings. The molecule has 0 N–H and O–H groups in total. The quantitative estimate of drug-likeness (QED) is 0.147. The second-order valence-electron chi connectivity index (χ2n) is 8.41. The molecule has 26 heavy (non-hydrogen) atoms. The Bertz CT molecular complexity index is 268. The Balaban J connectivity index is 2.09. The minimum absolute atomic E-state index is 0.987. The van der Waals surface area contributed by atoms with Gasteiger partial charge in [0.2, 0.25) is 0 Å². The van der Waals surface area contributed by atoms with Crippen molar-refractivity contribution < 1.29 is 6.15 Å². The van der Waals surface area contributed by atoms with Crippen LogP contribution in [0.4, 0.5) is 0 Å². The predicted molar refractivity (Wildman–Crippen MR) is 117 cm³/mol. The molecule has 0 bridgehead atoms. The molecule has 3 heteroatoms. The van der Waals surface area contributed by atoms with E-state index in [4.69, 9.17) is 6.15 Å². The summed E-state index contributed by atoms with van der Waals surface area (Å²) >= 11 is -2.67. The van der Waals surface area contributed by atoms with Gasteiger partial charge < -0.3 is 0 Å². The van der Waals surface area contributed by atoms with E-state index in [9.17, 15) is 0 Å². The summed E-state index contributed by atoms with van der Waals surface area (Å²) in [4.78, 5) is 0. The van der Waals surface area contributed by atoms with Crippen molar-refractivity contribution in [3.05, 3.63) is 0 Å². The van der Waals surface area contributed by atoms with E-state index in [1.165, 1.54) is 118 Å². The van der Waals surface area contributed by atoms with E-state index in [1.54, 1.807) is 0 Å². The van der Waals surface area contributed by atoms with Crippen LogP contribution in [0.25, 0.3) is 0 Å². The van der Waals surface area contributed by atoms with Crippen LogP contribution in [0, 0.1) is 0 Å². The molecule has 0 aliphatic carbocycles. The van der Waals surface area contributed by atoms with Crippen LogP contribution in [-0.2, 0) is 6.15 Å². The van der Waals surface area contributed by atoms with Crippen LogP contribution in [0.2, 0.25) is 8.87 Å². The summed E-state index contributed by atoms with van der Waals surface area (Å²) in [6, 6.07) is 0. The summed E-state index contributed by atoms with van der Waals surface area (Å²) in [7, 11) is 0. The molecule has 1 aliphatic heterocycles. The summed E-state index contributed by atoms with van der Waals surface area (Å²) < 4.78 is 15.7. The number of rotatable bonds is 18. The van der Waals surface area contributed by atoms with Gasteiger partial charge in [-0.05, 0) is 0 Å². The van der Waals surface area contributed by atoms with Gasteiger partial charge in [0.1, 0.15) is 0 Å². The molecule has 0 amide bonds. The third-order valence-corrected chi connectivity index (χ3v) is 16.4. The molecule has 0 unspecified atom stereocenters. The molecule has 1 heterocycles. The zero-order valence-electron chi connectivity index (χ0n) is 18.2. The Kier molecular flexibility index (Phi) is 16.9. The summed E-state index contributed by atoms with van der Waals surface area (Å²) in [5.74, 6) is 0. The molecule has 0 radical (unpaired) electrons. The predicted octanol–water partition coefficient (Wildman–Crippen LogP) is 8.15. The molecule has 1 fully saturated rings. The maximum absolute atomic E-state index is 6.55. The van der Waals surface area contributed by atoms with Gasteiger partial charge in [-0.2, -0.15) is 0 Å². The van der Waals surface area contributed by atoms with Crippen molar-refractivity contribution in [2.75, 3.05) is 13.2 Å². The third-order valence-electron chi connectivity index (χ3n) is 5.84. The summed E-state index contributed by atoms with van der Waals surface area (Å²) in [5.41, 5.74) is 0. The van der Waals surface area contributed by atoms with E-state index in [-0.39, 0.29) is 0 Å². The van der Waals surface area contributed by atoms with Gasteiger partial charge in [0.05, 0.1) is 0 Å². The van der Waals surface area contributed by atoms with Crippen molar-refractivity contribution in [1.82, 2.24) is 0 Å². The van der Waals surface area contributed by atoms with Gasteiger partial charge in [-0.15, -0.1) is 0 Å². The van der Waals surface area contributed by atoms with Gasteiger partial charge in [-0.25, -0.2) is 0 Å². The topological polar surface area (TPSA) is 18.5 Å². The van der Waals surface area contributed by atoms with Crippen molar-refractivity contribution in [1.29, 1.82) is 0 Å². The average molecular weight is 475 g/mol. The Morgan fingerprint density at radius 3 is 1.31 bits per heavy atom. The second-order valence-corrected chi connectivity index (χ2v) is 18.1. The van der Waals surface area contributed by atoms with Gasteiger partial charge >= 0.3 is 170 Å². The van der Waals surface area contributed by atoms with E-state index in [1.807, 2.05) is 0 Å². The standard InChI is InChI=1S/2C9H19O.C5H10.Sn/c2*1-2-3-4-5-6-7-8-9-10;1-3-5-4-2;/h2*2-9H2,1H3;1-5H2;/q2*-1;;+2. The molecule has 1 rings (SSSR count). The molecule has 0 spiro atoms. The molecule has 156 valence electrons. The third kappa shape index (κ3) is 13.0. The first-order chi connectivity index (χ1) is 12.8. The first kappa shape index (κ1) is 24.8. The summed E-state index contributed by atoms with van der Waals surface area (Å²) in [6.45, 7) is 6.55. The number of unbranched alkanes of at least 4 members (excludes halogenated alkanes) is 12. The molecule has 0 aromatic carbocycles. The van der Waals surface area contributed by atoms with Crippen molar-refractivity contribution in [2.24, 2.45) is 0 Å². The van der Waals surface area contributed by atoms with Crippen LogP contribution < -0.4 is 0 Å². The van der Waals surface area contributed by atoms with Crippen LogP contribution in [0.3, 0.4) is 0 Å². The average Bonchev–Trinajstić information content (AvgIpc) is 2.67. The SMILES string of the molecule is CCCCCCCCC[O][Sn]1([O]CCCCCCCCC)[CH2]CCC[CH2]1. The molecule has 0 saturated carbocycles. The van der Waals surface area contributed by atoms with E-state index < -0.39 is 19.2 Å². The van der Waals surface area contributed by atoms with Crippen molar-refractivity contribution in [3.63, 3.8) is 0 Å². The van der Waals surface area contributed by atoms with E-state index in [2.05, 4.69) is 13.8 Å². The zero-order valence-corrected chi connectivity index (χ0v) is 21.0. The van der Waals surface area contributed by atoms with Gasteiger partial charge in [0.25, 0.3) is 0 Å². The molecule has 0 atom stereocenters. The van der Waals surface area contributed by atoms with Crippen LogP contribution >= 0.6 is 0 Å². The second kappa shape index (κ2) is 17.8. The zero-order chi connectivity index (χ0) is 18.8. The number of hydrogen-bond acceptors (Lipinski definition) is 2. The molecular formula is C23H48O2Sn. The van der Waals surface area contributed by atoms with E-state index >= 15 is 0 Å². The fraction of sp³-hybridized carbons (Fsp3) is 1.00. The van der Waals surface area contributed by atoms with Crippen LogP contribution in [0.15, 0.2) is 0 Å². The molecule has 0 aromatic rings. The van der Waals surface area contributed by atoms with Gasteiger partial charge in [-0.1, -0.05) is 0 Å². The van der Waals surface area contributed by atoms with Gasteiger partial charge in [0, 0.05) is 0 Å². The first-order valence-electron chi connectivity index (χ1n) is 12.1. The maximum atomic E-state index is 6.55. The molecule has 1 saturated heterocycles.